The van der Waals surface area contributed by atoms with Crippen LogP contribution in [0.2, 0.25) is 0 Å². The first-order valence-electron chi connectivity index (χ1n) is 2.28. The van der Waals surface area contributed by atoms with Crippen LogP contribution in [-0.4, -0.2) is 54.0 Å². The maximum atomic E-state index is 10.4. The average molecular weight is 299 g/mol. The minimum atomic E-state index is -5.46. The molecule has 0 unspecified atom stereocenters. The summed E-state index contributed by atoms with van der Waals surface area (Å²) < 4.78 is 36.4. The van der Waals surface area contributed by atoms with Crippen molar-refractivity contribution in [2.75, 3.05) is 0 Å². The van der Waals surface area contributed by atoms with Crippen LogP contribution < -0.4 is 6.15 Å². The SMILES string of the molecule is N.O=P(O)(O)OP(=O)(O)OP(=O)(O)O.[NaH]. The summed E-state index contributed by atoms with van der Waals surface area (Å²) in [5.41, 5.74) is 0. The molecule has 15 heavy (non-hydrogen) atoms. The summed E-state index contributed by atoms with van der Waals surface area (Å²) in [5.74, 6) is 0. The van der Waals surface area contributed by atoms with Gasteiger partial charge in [-0.3, -0.25) is 0 Å². The van der Waals surface area contributed by atoms with Gasteiger partial charge in [0.25, 0.3) is 0 Å². The van der Waals surface area contributed by atoms with Gasteiger partial charge < -0.3 is 30.6 Å². The summed E-state index contributed by atoms with van der Waals surface area (Å²) in [6.45, 7) is 0. The number of rotatable bonds is 4. The molecular formula is H9NNaO10P3. The Morgan fingerprint density at radius 3 is 1.07 bits per heavy atom. The molecule has 90 valence electrons. The molecule has 0 saturated heterocycles. The van der Waals surface area contributed by atoms with E-state index in [0.29, 0.717) is 0 Å². The van der Waals surface area contributed by atoms with Crippen LogP contribution in [0.25, 0.3) is 0 Å². The molecular weight excluding hydrogens is 290 g/mol. The molecule has 15 heteroatoms. The van der Waals surface area contributed by atoms with Gasteiger partial charge in [0, 0.05) is 0 Å². The zero-order chi connectivity index (χ0) is 10.9. The second-order valence-corrected chi connectivity index (χ2v) is 5.82. The van der Waals surface area contributed by atoms with Gasteiger partial charge in [0.2, 0.25) is 0 Å². The fraction of sp³-hybridized carbons (Fsp3) is 0. The quantitative estimate of drug-likeness (QED) is 0.269. The predicted molar refractivity (Wildman–Crippen MR) is 48.3 cm³/mol. The van der Waals surface area contributed by atoms with Gasteiger partial charge in [-0.1, -0.05) is 0 Å². The summed E-state index contributed by atoms with van der Waals surface area (Å²) >= 11 is 0. The zero-order valence-electron chi connectivity index (χ0n) is 6.33. The third-order valence-corrected chi connectivity index (χ3v) is 3.77. The van der Waals surface area contributed by atoms with Gasteiger partial charge in [0.15, 0.2) is 0 Å². The Morgan fingerprint density at radius 2 is 0.933 bits per heavy atom. The molecule has 11 nitrogen and oxygen atoms in total. The van der Waals surface area contributed by atoms with Crippen molar-refractivity contribution in [3.63, 3.8) is 0 Å². The van der Waals surface area contributed by atoms with Crippen molar-refractivity contribution in [3.05, 3.63) is 0 Å². The molecule has 0 radical (unpaired) electrons. The van der Waals surface area contributed by atoms with E-state index in [9.17, 15) is 13.7 Å². The van der Waals surface area contributed by atoms with E-state index in [2.05, 4.69) is 8.62 Å². The molecule has 0 aliphatic rings. The Hall–Kier alpha value is 1.37. The summed E-state index contributed by atoms with van der Waals surface area (Å²) in [7, 11) is -16.2. The first-order valence-corrected chi connectivity index (χ1v) is 6.83. The van der Waals surface area contributed by atoms with Crippen molar-refractivity contribution in [2.45, 2.75) is 0 Å². The van der Waals surface area contributed by atoms with Gasteiger partial charge in [0.05, 0.1) is 0 Å². The standard InChI is InChI=1S/H3N.Na.H5O10P3.H/c;;1-11(2,3)9-13(7,8)10-12(4,5)6;/h1H3;;(H,7,8)(H2,1,2,3)(H2,4,5,6);. The second kappa shape index (κ2) is 6.95. The summed E-state index contributed by atoms with van der Waals surface area (Å²) in [6.07, 6.45) is 0. The molecule has 0 amide bonds. The van der Waals surface area contributed by atoms with E-state index in [1.807, 2.05) is 0 Å². The van der Waals surface area contributed by atoms with Crippen LogP contribution in [-0.2, 0) is 22.3 Å². The first-order chi connectivity index (χ1) is 5.41. The number of hydrogen-bond donors (Lipinski definition) is 6. The molecule has 0 aliphatic heterocycles. The molecule has 0 fully saturated rings. The normalized spacial score (nSPS) is 12.6. The number of hydrogen-bond acceptors (Lipinski definition) is 6. The van der Waals surface area contributed by atoms with Crippen LogP contribution in [0.1, 0.15) is 0 Å². The van der Waals surface area contributed by atoms with E-state index in [-0.39, 0.29) is 35.7 Å². The molecule has 0 saturated carbocycles. The van der Waals surface area contributed by atoms with Gasteiger partial charge in [-0.05, 0) is 0 Å². The van der Waals surface area contributed by atoms with E-state index >= 15 is 0 Å². The van der Waals surface area contributed by atoms with E-state index in [1.54, 1.807) is 0 Å². The number of phosphoric acid groups is 3. The van der Waals surface area contributed by atoms with Gasteiger partial charge in [-0.2, -0.15) is 8.62 Å². The van der Waals surface area contributed by atoms with Crippen LogP contribution in [0, 0.1) is 0 Å². The van der Waals surface area contributed by atoms with Crippen molar-refractivity contribution in [2.24, 2.45) is 0 Å². The molecule has 0 spiro atoms. The van der Waals surface area contributed by atoms with Crippen LogP contribution >= 0.6 is 23.5 Å². The van der Waals surface area contributed by atoms with Crippen LogP contribution in [0.5, 0.6) is 0 Å². The average Bonchev–Trinajstić information content (AvgIpc) is 1.43. The second-order valence-electron chi connectivity index (χ2n) is 1.61. The fourth-order valence-electron chi connectivity index (χ4n) is 0.284. The first kappa shape index (κ1) is 21.6. The molecule has 0 bridgehead atoms. The molecule has 0 rings (SSSR count). The van der Waals surface area contributed by atoms with Gasteiger partial charge >= 0.3 is 53.0 Å². The van der Waals surface area contributed by atoms with E-state index in [0.717, 1.165) is 0 Å². The van der Waals surface area contributed by atoms with Crippen molar-refractivity contribution < 1.29 is 46.8 Å². The Balaban J connectivity index is -0.000000720. The van der Waals surface area contributed by atoms with E-state index < -0.39 is 23.5 Å². The third-order valence-electron chi connectivity index (χ3n) is 0.419. The molecule has 0 heterocycles. The molecule has 0 atom stereocenters. The molecule has 0 aliphatic carbocycles. The van der Waals surface area contributed by atoms with E-state index in [1.165, 1.54) is 0 Å². The molecule has 0 aromatic carbocycles. The Kier molecular flexibility index (Phi) is 10.0. The Morgan fingerprint density at radius 1 is 0.733 bits per heavy atom. The molecule has 8 N–H and O–H groups in total. The summed E-state index contributed by atoms with van der Waals surface area (Å²) in [5, 5.41) is 0. The Labute approximate surface area is 106 Å². The predicted octanol–water partition coefficient (Wildman–Crippen LogP) is -1.18. The minimum absolute atomic E-state index is 0. The van der Waals surface area contributed by atoms with Crippen LogP contribution in [0.3, 0.4) is 0 Å². The summed E-state index contributed by atoms with van der Waals surface area (Å²) in [4.78, 5) is 40.2. The summed E-state index contributed by atoms with van der Waals surface area (Å²) in [6, 6.07) is 0. The van der Waals surface area contributed by atoms with Crippen LogP contribution in [0.15, 0.2) is 0 Å². The fourth-order valence-corrected chi connectivity index (χ4v) is 2.82. The molecule has 0 aromatic heterocycles. The van der Waals surface area contributed by atoms with Gasteiger partial charge in [-0.25, -0.2) is 13.7 Å². The Bertz CT molecular complexity index is 283. The van der Waals surface area contributed by atoms with Crippen LogP contribution in [0.4, 0.5) is 0 Å². The zero-order valence-corrected chi connectivity index (χ0v) is 9.01. The van der Waals surface area contributed by atoms with E-state index in [4.69, 9.17) is 24.5 Å². The monoisotopic (exact) mass is 299 g/mol. The molecule has 0 aromatic rings. The topological polar surface area (TPSA) is 206 Å². The maximum absolute atomic E-state index is 10.4. The van der Waals surface area contributed by atoms with Gasteiger partial charge in [-0.15, -0.1) is 0 Å². The van der Waals surface area contributed by atoms with Crippen molar-refractivity contribution >= 4 is 53.0 Å². The van der Waals surface area contributed by atoms with Gasteiger partial charge in [0.1, 0.15) is 0 Å². The van der Waals surface area contributed by atoms with Crippen molar-refractivity contribution in [1.82, 2.24) is 6.15 Å². The van der Waals surface area contributed by atoms with Crippen molar-refractivity contribution in [1.29, 1.82) is 0 Å². The van der Waals surface area contributed by atoms with Crippen molar-refractivity contribution in [3.8, 4) is 0 Å². The third kappa shape index (κ3) is 15.4.